The van der Waals surface area contributed by atoms with E-state index in [1.165, 1.54) is 0 Å². The van der Waals surface area contributed by atoms with Crippen LogP contribution >= 0.6 is 22.9 Å². The van der Waals surface area contributed by atoms with E-state index >= 15 is 0 Å². The van der Waals surface area contributed by atoms with Gasteiger partial charge in [0.15, 0.2) is 5.78 Å². The zero-order chi connectivity index (χ0) is 27.9. The van der Waals surface area contributed by atoms with Crippen LogP contribution in [0.2, 0.25) is 5.02 Å². The standard InChI is InChI=1S/C30H34ClN5O2S/c1-18-17-23-27(39-28(33-23)22-11-12-32-29(34-22)36-15-13-35(6)14-16-36)25(20-7-9-21(31)10-8-20)24(18)26(19(2)37)38-30(3,4)5/h7-12,17,26H,13-16H2,1-6H3/t26-/m1/s1. The summed E-state index contributed by atoms with van der Waals surface area (Å²) in [5, 5.41) is 1.46. The summed E-state index contributed by atoms with van der Waals surface area (Å²) in [6, 6.07) is 11.7. The molecule has 0 radical (unpaired) electrons. The van der Waals surface area contributed by atoms with E-state index in [0.29, 0.717) is 5.02 Å². The molecule has 1 atom stereocenters. The van der Waals surface area contributed by atoms with Crippen molar-refractivity contribution in [2.45, 2.75) is 46.3 Å². The number of nitrogens with zero attached hydrogens (tertiary/aromatic N) is 5. The summed E-state index contributed by atoms with van der Waals surface area (Å²) in [5.74, 6) is 0.685. The molecule has 2 aromatic heterocycles. The third-order valence-electron chi connectivity index (χ3n) is 6.81. The molecule has 2 aromatic carbocycles. The van der Waals surface area contributed by atoms with Crippen molar-refractivity contribution in [2.75, 3.05) is 38.1 Å². The molecule has 9 heteroatoms. The quantitative estimate of drug-likeness (QED) is 0.262. The van der Waals surface area contributed by atoms with E-state index < -0.39 is 11.7 Å². The van der Waals surface area contributed by atoms with E-state index in [9.17, 15) is 4.79 Å². The van der Waals surface area contributed by atoms with E-state index in [1.54, 1.807) is 18.3 Å². The number of rotatable bonds is 6. The number of fused-ring (bicyclic) bond motifs is 1. The molecule has 1 fully saturated rings. The Hall–Kier alpha value is -2.91. The van der Waals surface area contributed by atoms with Crippen molar-refractivity contribution in [1.82, 2.24) is 19.9 Å². The lowest BCUT2D eigenvalue weighted by Gasteiger charge is -2.32. The number of aromatic nitrogens is 3. The molecule has 0 unspecified atom stereocenters. The first kappa shape index (κ1) is 27.6. The predicted molar refractivity (Wildman–Crippen MR) is 160 cm³/mol. The van der Waals surface area contributed by atoms with E-state index in [0.717, 1.165) is 75.3 Å². The lowest BCUT2D eigenvalue weighted by molar-refractivity contribution is -0.138. The molecule has 1 saturated heterocycles. The number of ether oxygens (including phenoxy) is 1. The van der Waals surface area contributed by atoms with Gasteiger partial charge in [0, 0.05) is 48.5 Å². The van der Waals surface area contributed by atoms with Crippen LogP contribution in [0.5, 0.6) is 0 Å². The number of piperazine rings is 1. The minimum absolute atomic E-state index is 0.0417. The fraction of sp³-hybridized carbons (Fsp3) is 0.400. The molecule has 1 aliphatic rings. The highest BCUT2D eigenvalue weighted by Gasteiger charge is 2.30. The molecule has 0 amide bonds. The van der Waals surface area contributed by atoms with Crippen LogP contribution in [0, 0.1) is 6.92 Å². The minimum Gasteiger partial charge on any atom is -0.360 e. The van der Waals surface area contributed by atoms with Crippen LogP contribution < -0.4 is 4.90 Å². The summed E-state index contributed by atoms with van der Waals surface area (Å²) in [7, 11) is 2.13. The van der Waals surface area contributed by atoms with Gasteiger partial charge in [0.25, 0.3) is 0 Å². The van der Waals surface area contributed by atoms with E-state index in [1.807, 2.05) is 64.2 Å². The Balaban J connectivity index is 1.67. The number of benzene rings is 2. The van der Waals surface area contributed by atoms with Gasteiger partial charge >= 0.3 is 0 Å². The fourth-order valence-electron chi connectivity index (χ4n) is 4.89. The van der Waals surface area contributed by atoms with Crippen LogP contribution in [-0.4, -0.2) is 64.5 Å². The molecule has 1 aliphatic heterocycles. The van der Waals surface area contributed by atoms with Crippen molar-refractivity contribution in [3.05, 3.63) is 58.7 Å². The van der Waals surface area contributed by atoms with Gasteiger partial charge in [-0.3, -0.25) is 4.79 Å². The number of likely N-dealkylation sites (N-methyl/N-ethyl adjacent to an activating group) is 1. The molecule has 0 aliphatic carbocycles. The van der Waals surface area contributed by atoms with Gasteiger partial charge in [-0.15, -0.1) is 11.3 Å². The van der Waals surface area contributed by atoms with E-state index in [4.69, 9.17) is 26.3 Å². The highest BCUT2D eigenvalue weighted by atomic mass is 35.5. The lowest BCUT2D eigenvalue weighted by atomic mass is 9.90. The average molecular weight is 564 g/mol. The number of halogens is 1. The van der Waals surface area contributed by atoms with Crippen molar-refractivity contribution in [3.63, 3.8) is 0 Å². The lowest BCUT2D eigenvalue weighted by Crippen LogP contribution is -2.45. The molecule has 0 N–H and O–H groups in total. The summed E-state index contributed by atoms with van der Waals surface area (Å²) < 4.78 is 7.34. The number of Topliss-reactive ketones (excluding diaryl/α,β-unsaturated/α-hetero) is 1. The Morgan fingerprint density at radius 2 is 1.77 bits per heavy atom. The Morgan fingerprint density at radius 3 is 2.41 bits per heavy atom. The van der Waals surface area contributed by atoms with Crippen LogP contribution in [0.4, 0.5) is 5.95 Å². The van der Waals surface area contributed by atoms with Crippen LogP contribution in [-0.2, 0) is 9.53 Å². The first-order valence-corrected chi connectivity index (χ1v) is 14.3. The third-order valence-corrected chi connectivity index (χ3v) is 8.17. The molecular formula is C30H34ClN5O2S. The maximum Gasteiger partial charge on any atom is 0.226 e. The van der Waals surface area contributed by atoms with Gasteiger partial charge in [-0.05, 0) is 77.1 Å². The number of carbonyl (C=O) groups is 1. The average Bonchev–Trinajstić information content (AvgIpc) is 3.31. The summed E-state index contributed by atoms with van der Waals surface area (Å²) in [5.41, 5.74) is 4.87. The van der Waals surface area contributed by atoms with E-state index in [2.05, 4.69) is 27.9 Å². The van der Waals surface area contributed by atoms with Crippen molar-refractivity contribution >= 4 is 44.9 Å². The Labute approximate surface area is 238 Å². The maximum absolute atomic E-state index is 13.0. The van der Waals surface area contributed by atoms with Gasteiger partial charge in [0.05, 0.1) is 15.8 Å². The molecule has 5 rings (SSSR count). The van der Waals surface area contributed by atoms with Gasteiger partial charge in [-0.25, -0.2) is 15.0 Å². The number of carbonyl (C=O) groups excluding carboxylic acids is 1. The molecular weight excluding hydrogens is 530 g/mol. The normalized spacial score (nSPS) is 15.6. The predicted octanol–water partition coefficient (Wildman–Crippen LogP) is 6.58. The molecule has 0 bridgehead atoms. The Bertz CT molecular complexity index is 1500. The summed E-state index contributed by atoms with van der Waals surface area (Å²) in [6.07, 6.45) is 1.09. The van der Waals surface area contributed by atoms with Gasteiger partial charge in [0.1, 0.15) is 16.8 Å². The smallest absolute Gasteiger partial charge is 0.226 e. The number of thiazole rings is 1. The van der Waals surface area contributed by atoms with E-state index in [-0.39, 0.29) is 5.78 Å². The van der Waals surface area contributed by atoms with Crippen molar-refractivity contribution in [2.24, 2.45) is 0 Å². The van der Waals surface area contributed by atoms with Crippen LogP contribution in [0.1, 0.15) is 44.9 Å². The Kier molecular flexibility index (Phi) is 7.75. The van der Waals surface area contributed by atoms with Crippen LogP contribution in [0.25, 0.3) is 32.0 Å². The van der Waals surface area contributed by atoms with Crippen LogP contribution in [0.3, 0.4) is 0 Å². The second kappa shape index (κ2) is 10.9. The first-order chi connectivity index (χ1) is 18.5. The van der Waals surface area contributed by atoms with Crippen molar-refractivity contribution < 1.29 is 9.53 Å². The summed E-state index contributed by atoms with van der Waals surface area (Å²) in [4.78, 5) is 32.0. The fourth-order valence-corrected chi connectivity index (χ4v) is 6.11. The number of hydrogen-bond acceptors (Lipinski definition) is 8. The zero-order valence-corrected chi connectivity index (χ0v) is 24.9. The van der Waals surface area contributed by atoms with Gasteiger partial charge in [-0.1, -0.05) is 23.7 Å². The van der Waals surface area contributed by atoms with Crippen LogP contribution in [0.15, 0.2) is 42.6 Å². The zero-order valence-electron chi connectivity index (χ0n) is 23.3. The largest absolute Gasteiger partial charge is 0.360 e. The molecule has 7 nitrogen and oxygen atoms in total. The molecule has 39 heavy (non-hydrogen) atoms. The molecule has 204 valence electrons. The maximum atomic E-state index is 13.0. The highest BCUT2D eigenvalue weighted by Crippen LogP contribution is 2.44. The van der Waals surface area contributed by atoms with Gasteiger partial charge in [-0.2, -0.15) is 0 Å². The summed E-state index contributed by atoms with van der Waals surface area (Å²) in [6.45, 7) is 13.3. The second-order valence-corrected chi connectivity index (χ2v) is 12.5. The Morgan fingerprint density at radius 1 is 1.08 bits per heavy atom. The van der Waals surface area contributed by atoms with Crippen molar-refractivity contribution in [3.8, 4) is 21.8 Å². The monoisotopic (exact) mass is 563 g/mol. The number of anilines is 1. The summed E-state index contributed by atoms with van der Waals surface area (Å²) >= 11 is 7.82. The topological polar surface area (TPSA) is 71.5 Å². The number of ketones is 1. The number of aryl methyl sites for hydroxylation is 1. The van der Waals surface area contributed by atoms with Gasteiger partial charge < -0.3 is 14.5 Å². The first-order valence-electron chi connectivity index (χ1n) is 13.2. The molecule has 3 heterocycles. The second-order valence-electron chi connectivity index (χ2n) is 11.1. The molecule has 0 spiro atoms. The minimum atomic E-state index is -0.714. The molecule has 4 aromatic rings. The molecule has 0 saturated carbocycles. The van der Waals surface area contributed by atoms with Crippen molar-refractivity contribution in [1.29, 1.82) is 0 Å². The SMILES string of the molecule is CC(=O)[C@@H](OC(C)(C)C)c1c(C)cc2nc(-c3ccnc(N4CCN(C)CC4)n3)sc2c1-c1ccc(Cl)cc1. The van der Waals surface area contributed by atoms with Gasteiger partial charge in [0.2, 0.25) is 5.95 Å². The highest BCUT2D eigenvalue weighted by molar-refractivity contribution is 7.22. The number of hydrogen-bond donors (Lipinski definition) is 0. The third kappa shape index (κ3) is 5.99.